The van der Waals surface area contributed by atoms with E-state index in [2.05, 4.69) is 0 Å². The van der Waals surface area contributed by atoms with E-state index in [4.69, 9.17) is 10.5 Å². The summed E-state index contributed by atoms with van der Waals surface area (Å²) in [6.07, 6.45) is 5.92. The van der Waals surface area contributed by atoms with Crippen molar-refractivity contribution in [2.75, 3.05) is 6.54 Å². The lowest BCUT2D eigenvalue weighted by molar-refractivity contribution is -0.138. The molecule has 2 bridgehead atoms. The highest BCUT2D eigenvalue weighted by atomic mass is 16.5. The number of fused-ring (bicyclic) bond motifs is 2. The van der Waals surface area contributed by atoms with Crippen molar-refractivity contribution in [2.45, 2.75) is 56.4 Å². The average Bonchev–Trinajstić information content (AvgIpc) is 2.83. The molecule has 0 aromatic rings. The van der Waals surface area contributed by atoms with Gasteiger partial charge in [-0.1, -0.05) is 0 Å². The Balaban J connectivity index is 1.74. The van der Waals surface area contributed by atoms with Gasteiger partial charge in [-0.2, -0.15) is 0 Å². The summed E-state index contributed by atoms with van der Waals surface area (Å²) in [5.41, 5.74) is 5.80. The van der Waals surface area contributed by atoms with Crippen LogP contribution in [0.15, 0.2) is 0 Å². The van der Waals surface area contributed by atoms with Gasteiger partial charge in [-0.25, -0.2) is 0 Å². The third-order valence-corrected chi connectivity index (χ3v) is 3.99. The average molecular weight is 210 g/mol. The summed E-state index contributed by atoms with van der Waals surface area (Å²) in [7, 11) is 0. The maximum Gasteiger partial charge on any atom is 0.239 e. The Morgan fingerprint density at radius 2 is 2.20 bits per heavy atom. The lowest BCUT2D eigenvalue weighted by atomic mass is 9.92. The molecule has 15 heavy (non-hydrogen) atoms. The molecular weight excluding hydrogens is 192 g/mol. The molecule has 4 unspecified atom stereocenters. The number of piperidine rings is 1. The van der Waals surface area contributed by atoms with Crippen molar-refractivity contribution in [3.8, 4) is 0 Å². The van der Waals surface area contributed by atoms with Gasteiger partial charge in [0.15, 0.2) is 0 Å². The van der Waals surface area contributed by atoms with Gasteiger partial charge in [-0.05, 0) is 32.1 Å². The highest BCUT2D eigenvalue weighted by molar-refractivity contribution is 5.82. The Hall–Kier alpha value is -0.610. The summed E-state index contributed by atoms with van der Waals surface area (Å²) in [6, 6.07) is 0.0560. The van der Waals surface area contributed by atoms with Crippen LogP contribution in [-0.2, 0) is 9.53 Å². The van der Waals surface area contributed by atoms with Gasteiger partial charge in [0.25, 0.3) is 0 Å². The van der Waals surface area contributed by atoms with E-state index in [0.717, 1.165) is 32.2 Å². The molecule has 4 nitrogen and oxygen atoms in total. The molecule has 0 spiro atoms. The second-order valence-corrected chi connectivity index (χ2v) is 4.96. The van der Waals surface area contributed by atoms with Crippen LogP contribution >= 0.6 is 0 Å². The zero-order valence-corrected chi connectivity index (χ0v) is 8.89. The van der Waals surface area contributed by atoms with Crippen molar-refractivity contribution in [3.63, 3.8) is 0 Å². The Bertz CT molecular complexity index is 282. The van der Waals surface area contributed by atoms with Crippen LogP contribution in [0.2, 0.25) is 0 Å². The van der Waals surface area contributed by atoms with E-state index in [1.165, 1.54) is 6.42 Å². The second kappa shape index (κ2) is 3.46. The molecule has 0 aliphatic carbocycles. The minimum atomic E-state index is -0.266. The van der Waals surface area contributed by atoms with Crippen LogP contribution in [0.25, 0.3) is 0 Å². The summed E-state index contributed by atoms with van der Waals surface area (Å²) in [5.74, 6) is 0.141. The van der Waals surface area contributed by atoms with Gasteiger partial charge in [0.05, 0.1) is 24.3 Å². The summed E-state index contributed by atoms with van der Waals surface area (Å²) >= 11 is 0. The topological polar surface area (TPSA) is 55.6 Å². The first-order valence-corrected chi connectivity index (χ1v) is 5.97. The van der Waals surface area contributed by atoms with Crippen molar-refractivity contribution in [2.24, 2.45) is 5.73 Å². The van der Waals surface area contributed by atoms with Gasteiger partial charge < -0.3 is 15.4 Å². The number of amides is 1. The van der Waals surface area contributed by atoms with E-state index in [0.29, 0.717) is 18.2 Å². The van der Waals surface area contributed by atoms with Crippen LogP contribution in [0.4, 0.5) is 0 Å². The van der Waals surface area contributed by atoms with Gasteiger partial charge >= 0.3 is 0 Å². The van der Waals surface area contributed by atoms with E-state index in [-0.39, 0.29) is 11.9 Å². The predicted molar refractivity (Wildman–Crippen MR) is 55.2 cm³/mol. The number of carbonyl (C=O) groups excluding carboxylic acids is 1. The fourth-order valence-corrected chi connectivity index (χ4v) is 3.20. The Morgan fingerprint density at radius 1 is 1.33 bits per heavy atom. The summed E-state index contributed by atoms with van der Waals surface area (Å²) < 4.78 is 5.79. The highest BCUT2D eigenvalue weighted by Crippen LogP contribution is 2.38. The Labute approximate surface area is 89.7 Å². The quantitative estimate of drug-likeness (QED) is 0.675. The van der Waals surface area contributed by atoms with Gasteiger partial charge in [-0.3, -0.25) is 4.79 Å². The molecule has 0 aromatic carbocycles. The molecule has 1 amide bonds. The molecular formula is C11H18N2O2. The monoisotopic (exact) mass is 210 g/mol. The fraction of sp³-hybridized carbons (Fsp3) is 0.909. The van der Waals surface area contributed by atoms with E-state index >= 15 is 0 Å². The van der Waals surface area contributed by atoms with Crippen LogP contribution in [0.5, 0.6) is 0 Å². The summed E-state index contributed by atoms with van der Waals surface area (Å²) in [4.78, 5) is 13.9. The number of carbonyl (C=O) groups is 1. The SMILES string of the molecule is NC1CCCN(C2CC3CCC2O3)C1=O. The van der Waals surface area contributed by atoms with Gasteiger partial charge in [0.2, 0.25) is 5.91 Å². The normalized spacial score (nSPS) is 45.1. The zero-order valence-electron chi connectivity index (χ0n) is 8.89. The number of likely N-dealkylation sites (tertiary alicyclic amines) is 1. The number of rotatable bonds is 1. The summed E-state index contributed by atoms with van der Waals surface area (Å²) in [6.45, 7) is 0.879. The molecule has 3 rings (SSSR count). The van der Waals surface area contributed by atoms with E-state index in [1.807, 2.05) is 4.90 Å². The molecule has 0 radical (unpaired) electrons. The minimum absolute atomic E-state index is 0.141. The molecule has 0 saturated carbocycles. The molecule has 3 saturated heterocycles. The van der Waals surface area contributed by atoms with Gasteiger partial charge in [0.1, 0.15) is 0 Å². The third kappa shape index (κ3) is 1.47. The number of ether oxygens (including phenoxy) is 1. The van der Waals surface area contributed by atoms with Crippen molar-refractivity contribution >= 4 is 5.91 Å². The van der Waals surface area contributed by atoms with Crippen molar-refractivity contribution in [1.82, 2.24) is 4.90 Å². The number of hydrogen-bond acceptors (Lipinski definition) is 3. The summed E-state index contributed by atoms with van der Waals surface area (Å²) in [5, 5.41) is 0. The molecule has 3 aliphatic heterocycles. The van der Waals surface area contributed by atoms with Crippen LogP contribution < -0.4 is 5.73 Å². The second-order valence-electron chi connectivity index (χ2n) is 4.96. The minimum Gasteiger partial charge on any atom is -0.373 e. The van der Waals surface area contributed by atoms with Crippen LogP contribution in [0.1, 0.15) is 32.1 Å². The maximum atomic E-state index is 11.9. The predicted octanol–water partition coefficient (Wildman–Crippen LogP) is 0.256. The number of nitrogens with two attached hydrogens (primary N) is 1. The van der Waals surface area contributed by atoms with Crippen molar-refractivity contribution in [3.05, 3.63) is 0 Å². The molecule has 2 N–H and O–H groups in total. The number of nitrogens with zero attached hydrogens (tertiary/aromatic N) is 1. The molecule has 3 aliphatic rings. The molecule has 3 heterocycles. The first-order chi connectivity index (χ1) is 7.25. The van der Waals surface area contributed by atoms with E-state index in [1.54, 1.807) is 0 Å². The standard InChI is InChI=1S/C11H18N2O2/c12-8-2-1-5-13(11(8)14)9-6-7-3-4-10(9)15-7/h7-10H,1-6,12H2. The number of hydrogen-bond donors (Lipinski definition) is 1. The lowest BCUT2D eigenvalue weighted by Gasteiger charge is -2.37. The first-order valence-electron chi connectivity index (χ1n) is 5.97. The van der Waals surface area contributed by atoms with Crippen molar-refractivity contribution in [1.29, 1.82) is 0 Å². The van der Waals surface area contributed by atoms with E-state index in [9.17, 15) is 4.79 Å². The molecule has 3 fully saturated rings. The molecule has 84 valence electrons. The van der Waals surface area contributed by atoms with Gasteiger partial charge in [0, 0.05) is 6.54 Å². The van der Waals surface area contributed by atoms with Crippen LogP contribution in [0.3, 0.4) is 0 Å². The lowest BCUT2D eigenvalue weighted by Crippen LogP contribution is -2.55. The largest absolute Gasteiger partial charge is 0.373 e. The first kappa shape index (κ1) is 9.60. The van der Waals surface area contributed by atoms with Gasteiger partial charge in [-0.15, -0.1) is 0 Å². The zero-order chi connectivity index (χ0) is 10.4. The molecule has 0 aromatic heterocycles. The van der Waals surface area contributed by atoms with E-state index < -0.39 is 0 Å². The molecule has 4 atom stereocenters. The molecule has 4 heteroatoms. The fourth-order valence-electron chi connectivity index (χ4n) is 3.20. The maximum absolute atomic E-state index is 11.9. The smallest absolute Gasteiger partial charge is 0.239 e. The van der Waals surface area contributed by atoms with Crippen LogP contribution in [0, 0.1) is 0 Å². The Morgan fingerprint density at radius 3 is 2.87 bits per heavy atom. The third-order valence-electron chi connectivity index (χ3n) is 3.99. The highest BCUT2D eigenvalue weighted by Gasteiger charge is 2.46. The van der Waals surface area contributed by atoms with Crippen LogP contribution in [-0.4, -0.2) is 41.6 Å². The van der Waals surface area contributed by atoms with Crippen molar-refractivity contribution < 1.29 is 9.53 Å². The Kier molecular flexibility index (Phi) is 2.21.